The zero-order valence-corrected chi connectivity index (χ0v) is 79.9. The number of carboxylic acid groups (broad SMARTS) is 7. The first-order valence-corrected chi connectivity index (χ1v) is 54.0. The van der Waals surface area contributed by atoms with Crippen LogP contribution in [0.5, 0.6) is 0 Å². The van der Waals surface area contributed by atoms with Crippen LogP contribution in [0.1, 0.15) is 180 Å². The predicted molar refractivity (Wildman–Crippen MR) is 483 cm³/mol. The van der Waals surface area contributed by atoms with Crippen molar-refractivity contribution in [3.63, 3.8) is 0 Å². The van der Waals surface area contributed by atoms with Gasteiger partial charge >= 0.3 is 41.8 Å². The third-order valence-electron chi connectivity index (χ3n) is 23.8. The average Bonchev–Trinajstić information content (AvgIpc) is 0.853. The zero-order chi connectivity index (χ0) is 96.8. The summed E-state index contributed by atoms with van der Waals surface area (Å²) in [7, 11) is 0. The van der Waals surface area contributed by atoms with Crippen LogP contribution >= 0.6 is 82.3 Å². The first-order valence-electron chi connectivity index (χ1n) is 45.9. The van der Waals surface area contributed by atoms with Gasteiger partial charge in [0, 0.05) is 85.2 Å². The van der Waals surface area contributed by atoms with Crippen LogP contribution in [0.4, 0.5) is 0 Å². The minimum absolute atomic E-state index is 0.107. The van der Waals surface area contributed by atoms with Gasteiger partial charge < -0.3 is 174 Å². The predicted octanol–water partition coefficient (Wildman–Crippen LogP) is 1.47. The fourth-order valence-corrected chi connectivity index (χ4v) is 23.9. The van der Waals surface area contributed by atoms with Crippen LogP contribution in [-0.2, 0) is 99.9 Å². The van der Waals surface area contributed by atoms with E-state index in [0.29, 0.717) is 175 Å². The third-order valence-corrected chi connectivity index (χ3v) is 31.7. The van der Waals surface area contributed by atoms with Gasteiger partial charge in [-0.15, -0.1) is 0 Å². The molecule has 42 nitrogen and oxygen atoms in total. The quantitative estimate of drug-likeness (QED) is 0.0383. The number of aliphatic hydroxyl groups is 14. The molecular formula is C84H140O42S7. The zero-order valence-electron chi connectivity index (χ0n) is 74.2. The first-order chi connectivity index (χ1) is 63.6. The molecule has 0 aromatic heterocycles. The van der Waals surface area contributed by atoms with Crippen LogP contribution in [0.25, 0.3) is 0 Å². The Morgan fingerprint density at radius 2 is 0.271 bits per heavy atom. The molecule has 133 heavy (non-hydrogen) atoms. The van der Waals surface area contributed by atoms with E-state index in [1.165, 1.54) is 82.3 Å². The van der Waals surface area contributed by atoms with Crippen molar-refractivity contribution in [2.24, 2.45) is 0 Å². The number of aliphatic hydroxyl groups excluding tert-OH is 14. The van der Waals surface area contributed by atoms with Crippen LogP contribution < -0.4 is 0 Å². The smallest absolute Gasteiger partial charge is 0.303 e. The number of carbonyl (C=O) groups is 7. The normalized spacial score (nSPS) is 36.8. The molecule has 0 saturated carbocycles. The minimum Gasteiger partial charge on any atom is -0.481 e. The maximum atomic E-state index is 12.6. The Bertz CT molecular complexity index is 2780. The number of rotatable bonds is 56. The second-order valence-electron chi connectivity index (χ2n) is 34.3. The number of unbranched alkanes of at least 4 members (excludes halogenated alkanes) is 14. The van der Waals surface area contributed by atoms with Gasteiger partial charge in [0.2, 0.25) is 0 Å². The summed E-state index contributed by atoms with van der Waals surface area (Å²) in [6.45, 7) is 0. The van der Waals surface area contributed by atoms with Crippen molar-refractivity contribution in [2.75, 3.05) is 80.5 Å². The Hall–Kier alpha value is -2.38. The summed E-state index contributed by atoms with van der Waals surface area (Å²) in [6.07, 6.45) is -57.1. The van der Waals surface area contributed by atoms with Gasteiger partial charge in [0.25, 0.3) is 0 Å². The summed E-state index contributed by atoms with van der Waals surface area (Å²) in [6, 6.07) is 0. The lowest BCUT2D eigenvalue weighted by molar-refractivity contribution is -0.389. The highest BCUT2D eigenvalue weighted by Gasteiger charge is 2.60. The third kappa shape index (κ3) is 38.0. The molecule has 21 N–H and O–H groups in total. The monoisotopic (exact) mass is 2040 g/mol. The van der Waals surface area contributed by atoms with E-state index in [9.17, 15) is 141 Å². The van der Waals surface area contributed by atoms with Gasteiger partial charge in [-0.05, 0) is 130 Å². The molecule has 0 aromatic rings. The topological polar surface area (TPSA) is 674 Å². The Balaban J connectivity index is 1.22. The lowest BCUT2D eigenvalue weighted by Gasteiger charge is -2.50. The van der Waals surface area contributed by atoms with E-state index in [0.717, 1.165) is 0 Å². The van der Waals surface area contributed by atoms with Gasteiger partial charge in [0.15, 0.2) is 44.0 Å². The van der Waals surface area contributed by atoms with Crippen molar-refractivity contribution >= 4 is 124 Å². The standard InChI is InChI=1S/C84H140O42S7/c85-50(86)22-8-1-15-29-127-36-43-71-57(99)64(106)78(113-43)121-72-44(37-128-30-16-2-9-23-51(87)88)115-80(66(108)59(72)101)123-74-46(39-130-32-18-4-11-25-53(91)92)117-82(68(110)61(74)103)125-76-48(41-132-34-20-6-13-27-55(95)96)119-84(70(112)63(76)105)126-77-49(42-133-35-21-7-14-28-56(97)98)118-83(69(111)62(77)104)124-75-47(40-131-33-19-5-12-26-54(93)94)116-81(67(109)60(75)102)122-73-45(114-79(120-71)65(107)58(73)100)38-129-31-17-3-10-24-52(89)90/h43-49,57-84,99-112H,1-42H2,(H,85,86)(H,87,88)(H,89,90)(H,91,92)(H,93,94)(H,95,96)(H,97,98)/t43-,44-,45-,46-,47-,48-,49-,57-,58-,59-,60-,61-,62-,63-,64-,65-,66-,67-,68-,69-,70-,71-,72-,73-,74-,75-,76-,77-,78?,79?,80?,81?,82?,83?,84?/m0/s1. The molecule has 21 aliphatic rings. The molecular weight excluding hydrogens is 1910 g/mol. The highest BCUT2D eigenvalue weighted by Crippen LogP contribution is 2.43. The maximum Gasteiger partial charge on any atom is 0.303 e. The fourth-order valence-electron chi connectivity index (χ4n) is 16.3. The van der Waals surface area contributed by atoms with Crippen molar-refractivity contribution in [1.82, 2.24) is 0 Å². The van der Waals surface area contributed by atoms with Crippen molar-refractivity contribution in [3.05, 3.63) is 0 Å². The van der Waals surface area contributed by atoms with E-state index in [1.807, 2.05) is 0 Å². The van der Waals surface area contributed by atoms with Crippen molar-refractivity contribution < 1.29 is 207 Å². The molecule has 49 heteroatoms. The molecule has 35 atom stereocenters. The van der Waals surface area contributed by atoms with Gasteiger partial charge in [0.05, 0.1) is 42.7 Å². The number of hydrogen-bond donors (Lipinski definition) is 21. The summed E-state index contributed by atoms with van der Waals surface area (Å²) in [5.74, 6) is -5.35. The number of aliphatic carboxylic acids is 7. The van der Waals surface area contributed by atoms with Gasteiger partial charge in [-0.2, -0.15) is 82.3 Å². The Kier molecular flexibility index (Phi) is 53.6. The van der Waals surface area contributed by atoms with Gasteiger partial charge in [-0.25, -0.2) is 0 Å². The molecule has 21 aliphatic heterocycles. The summed E-state index contributed by atoms with van der Waals surface area (Å²) >= 11 is 8.67. The Morgan fingerprint density at radius 3 is 0.376 bits per heavy atom. The van der Waals surface area contributed by atoms with E-state index in [1.54, 1.807) is 0 Å². The highest BCUT2D eigenvalue weighted by atomic mass is 32.2. The largest absolute Gasteiger partial charge is 0.481 e. The lowest BCUT2D eigenvalue weighted by Crippen LogP contribution is -2.68. The Morgan fingerprint density at radius 1 is 0.158 bits per heavy atom. The molecule has 0 radical (unpaired) electrons. The summed E-state index contributed by atoms with van der Waals surface area (Å²) in [4.78, 5) is 80.2. The minimum atomic E-state index is -2.16. The van der Waals surface area contributed by atoms with Gasteiger partial charge in [0.1, 0.15) is 128 Å². The molecule has 21 fully saturated rings. The summed E-state index contributed by atoms with van der Waals surface area (Å²) in [5.41, 5.74) is 0. The fraction of sp³-hybridized carbons (Fsp3) is 0.917. The summed E-state index contributed by atoms with van der Waals surface area (Å²) in [5, 5.41) is 240. The SMILES string of the molecule is O=C(O)CCCCCSC[C@@H]1OC2O[C@@H]3[C@@H](O)[C@H](O)C(O[C@@H]4[C@@H](O)[C@H](O)C(O[C@@H]5[C@@H](O)[C@H](O)C(O[C@@H]6[C@@H](O)[C@H](O)C(O[C@@H]7[C@@H](O)[C@H](O)C(O[C@@H]8[C@@H](O)[C@H](O)C(O[C@@H]1[C@@H](O)[C@@H]2O)O[C@H]8CSCCCCCC(=O)O)O[C@H]7CSCCCCCC(=O)O)O[C@H]6CSCCCCCC(=O)O)O[C@H]5CSCCCCCC(=O)O)O[C@H]4CSCCCCCC(=O)O)O[C@H]3CSCCCCCC(=O)O. The van der Waals surface area contributed by atoms with Crippen LogP contribution in [-0.4, -0.2) is 445 Å². The van der Waals surface area contributed by atoms with Crippen LogP contribution in [0.3, 0.4) is 0 Å². The van der Waals surface area contributed by atoms with E-state index >= 15 is 0 Å². The molecule has 7 unspecified atom stereocenters. The van der Waals surface area contributed by atoms with Gasteiger partial charge in [-0.1, -0.05) is 44.9 Å². The van der Waals surface area contributed by atoms with Crippen LogP contribution in [0.2, 0.25) is 0 Å². The molecule has 21 saturated heterocycles. The molecule has 0 spiro atoms. The molecule has 21 rings (SSSR count). The van der Waals surface area contributed by atoms with Gasteiger partial charge in [-0.3, -0.25) is 33.6 Å². The second-order valence-corrected chi connectivity index (χ2v) is 42.4. The summed E-state index contributed by atoms with van der Waals surface area (Å²) < 4.78 is 91.5. The maximum absolute atomic E-state index is 12.6. The van der Waals surface area contributed by atoms with Crippen LogP contribution in [0.15, 0.2) is 0 Å². The van der Waals surface area contributed by atoms with E-state index in [4.69, 9.17) is 66.3 Å². The van der Waals surface area contributed by atoms with E-state index in [2.05, 4.69) is 0 Å². The Labute approximate surface area is 801 Å². The highest BCUT2D eigenvalue weighted by molar-refractivity contribution is 8.00. The average molecular weight is 2050 g/mol. The number of thioether (sulfide) groups is 7. The molecule has 0 aromatic carbocycles. The number of ether oxygens (including phenoxy) is 14. The molecule has 14 bridgehead atoms. The molecule has 0 amide bonds. The second kappa shape index (κ2) is 61.6. The van der Waals surface area contributed by atoms with Crippen LogP contribution in [0, 0.1) is 0 Å². The molecule has 770 valence electrons. The van der Waals surface area contributed by atoms with E-state index < -0.39 is 257 Å². The first kappa shape index (κ1) is 116. The van der Waals surface area contributed by atoms with E-state index in [-0.39, 0.29) is 85.2 Å². The number of carboxylic acids is 7. The molecule has 0 aliphatic carbocycles. The lowest BCUT2D eigenvalue weighted by atomic mass is 9.95. The van der Waals surface area contributed by atoms with Crippen molar-refractivity contribution in [3.8, 4) is 0 Å². The number of hydrogen-bond acceptors (Lipinski definition) is 42. The molecule has 21 heterocycles. The van der Waals surface area contributed by atoms with Crippen molar-refractivity contribution in [2.45, 2.75) is 395 Å². The van der Waals surface area contributed by atoms with Crippen molar-refractivity contribution in [1.29, 1.82) is 0 Å².